The maximum Gasteiger partial charge on any atom is 0.303 e. The number of likely N-dealkylation sites (N-methyl/N-ethyl adjacent to an activating group) is 1. The van der Waals surface area contributed by atoms with Crippen LogP contribution in [0, 0.1) is 5.41 Å². The van der Waals surface area contributed by atoms with E-state index in [-0.39, 0.29) is 29.6 Å². The Kier molecular flexibility index (Phi) is 8.06. The van der Waals surface area contributed by atoms with E-state index in [0.717, 1.165) is 94.8 Å². The third-order valence-corrected chi connectivity index (χ3v) is 14.0. The first-order valence-electron chi connectivity index (χ1n) is 18.8. The van der Waals surface area contributed by atoms with Gasteiger partial charge in [-0.15, -0.1) is 0 Å². The van der Waals surface area contributed by atoms with Crippen LogP contribution in [0.2, 0.25) is 0 Å². The van der Waals surface area contributed by atoms with Crippen LogP contribution in [-0.2, 0) is 28.2 Å². The van der Waals surface area contributed by atoms with Crippen LogP contribution in [0.15, 0.2) is 66.7 Å². The molecule has 4 atom stereocenters. The van der Waals surface area contributed by atoms with Gasteiger partial charge in [-0.3, -0.25) is 14.5 Å². The lowest BCUT2D eigenvalue weighted by molar-refractivity contribution is -0.140. The fourth-order valence-electron chi connectivity index (χ4n) is 9.88. The lowest BCUT2D eigenvalue weighted by Gasteiger charge is -2.29. The van der Waals surface area contributed by atoms with Gasteiger partial charge in [0, 0.05) is 61.2 Å². The highest BCUT2D eigenvalue weighted by Gasteiger charge is 2.66. The van der Waals surface area contributed by atoms with Crippen molar-refractivity contribution in [2.75, 3.05) is 27.7 Å². The van der Waals surface area contributed by atoms with Gasteiger partial charge in [-0.2, -0.15) is 12.7 Å². The maximum atomic E-state index is 15.1. The Morgan fingerprint density at radius 3 is 2.46 bits per heavy atom. The summed E-state index contributed by atoms with van der Waals surface area (Å²) in [6.07, 6.45) is 8.63. The van der Waals surface area contributed by atoms with Crippen molar-refractivity contribution in [1.29, 1.82) is 0 Å². The highest BCUT2D eigenvalue weighted by atomic mass is 32.2. The summed E-state index contributed by atoms with van der Waals surface area (Å²) < 4.78 is 37.3. The Morgan fingerprint density at radius 2 is 1.75 bits per heavy atom. The average Bonchev–Trinajstić information content (AvgIpc) is 3.46. The summed E-state index contributed by atoms with van der Waals surface area (Å²) in [5.74, 6) is 0.725. The van der Waals surface area contributed by atoms with Crippen LogP contribution in [0.5, 0.6) is 5.75 Å². The van der Waals surface area contributed by atoms with Gasteiger partial charge >= 0.3 is 10.2 Å². The topological polar surface area (TPSA) is 104 Å². The van der Waals surface area contributed by atoms with Gasteiger partial charge in [-0.05, 0) is 92.1 Å². The van der Waals surface area contributed by atoms with E-state index in [1.54, 1.807) is 6.07 Å². The number of ether oxygens (including phenoxy) is 1. The van der Waals surface area contributed by atoms with Crippen molar-refractivity contribution in [2.45, 2.75) is 88.6 Å². The summed E-state index contributed by atoms with van der Waals surface area (Å²) in [4.78, 5) is 33.1. The zero-order chi connectivity index (χ0) is 35.9. The molecule has 2 saturated carbocycles. The molecule has 3 aliphatic heterocycles. The largest absolute Gasteiger partial charge is 0.489 e. The number of fused-ring (bicyclic) bond motifs is 9. The normalized spacial score (nSPS) is 25.5. The Morgan fingerprint density at radius 1 is 0.962 bits per heavy atom. The molecule has 9 rings (SSSR count). The summed E-state index contributed by atoms with van der Waals surface area (Å²) >= 11 is 0. The van der Waals surface area contributed by atoms with Gasteiger partial charge in [0.2, 0.25) is 5.91 Å². The first kappa shape index (κ1) is 33.6. The fourth-order valence-corrected chi connectivity index (χ4v) is 10.4. The van der Waals surface area contributed by atoms with Crippen LogP contribution in [0.3, 0.4) is 0 Å². The van der Waals surface area contributed by atoms with E-state index in [0.29, 0.717) is 19.1 Å². The second-order valence-electron chi connectivity index (χ2n) is 15.9. The van der Waals surface area contributed by atoms with Gasteiger partial charge in [0.1, 0.15) is 12.4 Å². The molecule has 10 nitrogen and oxygen atoms in total. The molecular formula is C41H47N5O5S. The van der Waals surface area contributed by atoms with Crippen molar-refractivity contribution in [3.8, 4) is 17.0 Å². The van der Waals surface area contributed by atoms with Gasteiger partial charge < -0.3 is 14.2 Å². The number of amides is 2. The van der Waals surface area contributed by atoms with Gasteiger partial charge in [0.25, 0.3) is 5.91 Å². The molecule has 5 aliphatic rings. The molecule has 272 valence electrons. The number of carbonyl (C=O) groups excluding carboxylic acids is 2. The molecule has 1 aromatic heterocycles. The number of rotatable bonds is 8. The molecule has 2 aliphatic carbocycles. The van der Waals surface area contributed by atoms with Gasteiger partial charge in [-0.25, -0.2) is 4.72 Å². The van der Waals surface area contributed by atoms with Crippen molar-refractivity contribution in [1.82, 2.24) is 23.4 Å². The van der Waals surface area contributed by atoms with Crippen molar-refractivity contribution < 1.29 is 22.7 Å². The molecular weight excluding hydrogens is 675 g/mol. The molecule has 3 aromatic carbocycles. The second kappa shape index (κ2) is 12.5. The molecule has 11 heteroatoms. The van der Waals surface area contributed by atoms with E-state index in [4.69, 9.17) is 4.74 Å². The van der Waals surface area contributed by atoms with E-state index in [9.17, 15) is 13.2 Å². The lowest BCUT2D eigenvalue weighted by Crippen LogP contribution is -2.44. The number of hydrogen-bond acceptors (Lipinski definition) is 6. The van der Waals surface area contributed by atoms with Crippen LogP contribution in [0.25, 0.3) is 22.2 Å². The quantitative estimate of drug-likeness (QED) is 0.232. The average molecular weight is 722 g/mol. The zero-order valence-electron chi connectivity index (χ0n) is 30.2. The number of nitrogens with one attached hydrogen (secondary N) is 1. The third-order valence-electron chi connectivity index (χ3n) is 12.6. The predicted molar refractivity (Wildman–Crippen MR) is 200 cm³/mol. The Bertz CT molecular complexity index is 2190. The third kappa shape index (κ3) is 5.38. The predicted octanol–water partition coefficient (Wildman–Crippen LogP) is 6.22. The van der Waals surface area contributed by atoms with Gasteiger partial charge in [-0.1, -0.05) is 55.7 Å². The van der Waals surface area contributed by atoms with Crippen molar-refractivity contribution >= 4 is 32.9 Å². The molecule has 1 N–H and O–H groups in total. The smallest absolute Gasteiger partial charge is 0.303 e. The van der Waals surface area contributed by atoms with Crippen LogP contribution in [-0.4, -0.2) is 78.8 Å². The number of carbonyl (C=O) groups is 2. The van der Waals surface area contributed by atoms with E-state index in [1.165, 1.54) is 26.1 Å². The van der Waals surface area contributed by atoms with Crippen LogP contribution in [0.4, 0.5) is 0 Å². The van der Waals surface area contributed by atoms with Crippen molar-refractivity contribution in [2.24, 2.45) is 5.41 Å². The first-order chi connectivity index (χ1) is 25.1. The molecule has 0 radical (unpaired) electrons. The molecule has 4 unspecified atom stereocenters. The Hall–Kier alpha value is -4.19. The summed E-state index contributed by atoms with van der Waals surface area (Å²) in [7, 11) is 0.932. The zero-order valence-corrected chi connectivity index (χ0v) is 31.0. The van der Waals surface area contributed by atoms with E-state index < -0.39 is 21.5 Å². The summed E-state index contributed by atoms with van der Waals surface area (Å²) in [6, 6.07) is 22.4. The minimum absolute atomic E-state index is 0.0338. The number of benzene rings is 3. The summed E-state index contributed by atoms with van der Waals surface area (Å²) in [6.45, 7) is 1.87. The monoisotopic (exact) mass is 721 g/mol. The highest BCUT2D eigenvalue weighted by Crippen LogP contribution is 2.67. The molecule has 4 heterocycles. The fraction of sp³-hybridized carbons (Fsp3) is 0.463. The van der Waals surface area contributed by atoms with E-state index in [2.05, 4.69) is 56.5 Å². The molecule has 0 spiro atoms. The lowest BCUT2D eigenvalue weighted by atomic mass is 9.81. The van der Waals surface area contributed by atoms with Crippen molar-refractivity contribution in [3.05, 3.63) is 89.0 Å². The second-order valence-corrected chi connectivity index (χ2v) is 17.8. The number of aromatic nitrogens is 1. The Labute approximate surface area is 305 Å². The summed E-state index contributed by atoms with van der Waals surface area (Å²) in [5.41, 5.74) is 6.32. The minimum Gasteiger partial charge on any atom is -0.489 e. The number of piperidine rings is 1. The summed E-state index contributed by atoms with van der Waals surface area (Å²) in [5, 5.41) is 1.08. The highest BCUT2D eigenvalue weighted by molar-refractivity contribution is 7.87. The van der Waals surface area contributed by atoms with Crippen molar-refractivity contribution in [3.63, 3.8) is 0 Å². The van der Waals surface area contributed by atoms with Crippen LogP contribution in [0.1, 0.15) is 90.3 Å². The molecule has 2 amide bonds. The van der Waals surface area contributed by atoms with Crippen LogP contribution >= 0.6 is 0 Å². The van der Waals surface area contributed by atoms with Gasteiger partial charge in [0.15, 0.2) is 0 Å². The molecule has 4 fully saturated rings. The molecule has 2 bridgehead atoms. The number of likely N-dealkylation sites (tertiary alicyclic amines) is 1. The number of hydrogen-bond donors (Lipinski definition) is 1. The van der Waals surface area contributed by atoms with Gasteiger partial charge in [0.05, 0.1) is 17.3 Å². The minimum atomic E-state index is -3.98. The standard InChI is InChI=1S/C41H47N5O5S/c1-43(2)52(49,50)42-39(47)28-14-17-32-35(20-28)45-25-41(40(48)46-29-15-19-36(46)44(3)23-29)22-34(41)33-21-30(51-24-26-10-6-4-7-11-26)16-18-31(33)38(45)37(32)27-12-8-5-9-13-27/h4,6-7,10-11,14,16-18,20-21,27,29,34,36H,5,8-9,12-13,15,19,22-25H2,1-3H3,(H,42,47). The van der Waals surface area contributed by atoms with E-state index >= 15 is 4.79 Å². The molecule has 52 heavy (non-hydrogen) atoms. The maximum absolute atomic E-state index is 15.1. The first-order valence-corrected chi connectivity index (χ1v) is 20.2. The molecule has 4 aromatic rings. The van der Waals surface area contributed by atoms with E-state index in [1.807, 2.05) is 30.3 Å². The Balaban J connectivity index is 1.21. The SMILES string of the molecule is CN1CC2CCC1N2C(=O)C12CC1c1cc(OCc3ccccc3)ccc1-c1c(C3CCCCC3)c3ccc(C(=O)NS(=O)(=O)N(C)C)cc3n1C2. The number of nitrogens with zero attached hydrogens (tertiary/aromatic N) is 4. The van der Waals surface area contributed by atoms with Crippen LogP contribution < -0.4 is 9.46 Å². The molecule has 2 saturated heterocycles.